The highest BCUT2D eigenvalue weighted by atomic mass is 15.2. The van der Waals surface area contributed by atoms with E-state index in [4.69, 9.17) is 0 Å². The Balaban J connectivity index is 0.00000274. The lowest BCUT2D eigenvalue weighted by atomic mass is 9.69. The van der Waals surface area contributed by atoms with Crippen LogP contribution >= 0.6 is 0 Å². The monoisotopic (exact) mass is 446 g/mol. The SMILES string of the molecule is C.C=C/C=C\C=C1\c2cc(C3=CCC4(C)C(=C3)NC(=C)C=CC4C)ccc2N1c1ccccc1. The molecule has 2 heteroatoms. The van der Waals surface area contributed by atoms with Gasteiger partial charge in [0.15, 0.2) is 0 Å². The summed E-state index contributed by atoms with van der Waals surface area (Å²) in [7, 11) is 0. The number of benzene rings is 2. The summed E-state index contributed by atoms with van der Waals surface area (Å²) in [5, 5.41) is 3.56. The number of rotatable bonds is 4. The van der Waals surface area contributed by atoms with Crippen LogP contribution in [0.5, 0.6) is 0 Å². The minimum absolute atomic E-state index is 0. The van der Waals surface area contributed by atoms with E-state index in [0.29, 0.717) is 5.92 Å². The fourth-order valence-corrected chi connectivity index (χ4v) is 4.87. The van der Waals surface area contributed by atoms with Gasteiger partial charge in [0, 0.05) is 28.1 Å². The number of hydrogen-bond donors (Lipinski definition) is 1. The number of nitrogens with one attached hydrogen (secondary N) is 1. The van der Waals surface area contributed by atoms with Crippen LogP contribution < -0.4 is 10.2 Å². The molecule has 34 heavy (non-hydrogen) atoms. The predicted octanol–water partition coefficient (Wildman–Crippen LogP) is 8.54. The third-order valence-corrected chi connectivity index (χ3v) is 7.15. The summed E-state index contributed by atoms with van der Waals surface area (Å²) in [4.78, 5) is 2.31. The molecule has 3 aliphatic rings. The molecule has 1 aliphatic carbocycles. The number of anilines is 2. The van der Waals surface area contributed by atoms with E-state index in [0.717, 1.165) is 12.1 Å². The van der Waals surface area contributed by atoms with Crippen LogP contribution in [0.4, 0.5) is 11.4 Å². The molecule has 0 aromatic heterocycles. The average molecular weight is 447 g/mol. The van der Waals surface area contributed by atoms with E-state index in [1.54, 1.807) is 6.08 Å². The third kappa shape index (κ3) is 3.90. The van der Waals surface area contributed by atoms with Gasteiger partial charge in [-0.05, 0) is 66.0 Å². The molecule has 2 aromatic rings. The van der Waals surface area contributed by atoms with Crippen molar-refractivity contribution in [3.05, 3.63) is 133 Å². The smallest absolute Gasteiger partial charge is 0.0555 e. The highest BCUT2D eigenvalue weighted by Gasteiger charge is 2.37. The van der Waals surface area contributed by atoms with Crippen LogP contribution in [-0.4, -0.2) is 0 Å². The van der Waals surface area contributed by atoms with E-state index in [1.807, 2.05) is 6.08 Å². The van der Waals surface area contributed by atoms with Gasteiger partial charge in [0.2, 0.25) is 0 Å². The van der Waals surface area contributed by atoms with Crippen LogP contribution in [0.15, 0.2) is 122 Å². The van der Waals surface area contributed by atoms with Crippen LogP contribution in [0.3, 0.4) is 0 Å². The molecule has 2 heterocycles. The zero-order chi connectivity index (χ0) is 23.0. The Kier molecular flexibility index (Phi) is 6.34. The van der Waals surface area contributed by atoms with Crippen LogP contribution in [0.2, 0.25) is 0 Å². The molecule has 0 spiro atoms. The second kappa shape index (κ2) is 9.23. The van der Waals surface area contributed by atoms with Crippen molar-refractivity contribution in [1.29, 1.82) is 0 Å². The van der Waals surface area contributed by atoms with Gasteiger partial charge in [-0.1, -0.05) is 89.1 Å². The van der Waals surface area contributed by atoms with Gasteiger partial charge in [0.05, 0.1) is 11.4 Å². The zero-order valence-corrected chi connectivity index (χ0v) is 19.4. The standard InChI is InChI=1S/C31H30N2.CH4/c1-5-6-8-13-28-27-20-24(16-17-29(27)33(28)26-11-9-7-10-12-26)25-18-19-31(4)22(2)14-15-23(3)32-30(31)21-25;/h5-18,20-22,32H,1,3,19H2,2,4H3;1H4/b8-6-,28-13-;. The van der Waals surface area contributed by atoms with Gasteiger partial charge in [-0.25, -0.2) is 0 Å². The summed E-state index contributed by atoms with van der Waals surface area (Å²) in [6.07, 6.45) is 18.1. The Morgan fingerprint density at radius 2 is 1.91 bits per heavy atom. The first-order valence-electron chi connectivity index (χ1n) is 11.6. The van der Waals surface area contributed by atoms with E-state index < -0.39 is 0 Å². The molecule has 2 unspecified atom stereocenters. The van der Waals surface area contributed by atoms with Crippen molar-refractivity contribution in [2.45, 2.75) is 27.7 Å². The van der Waals surface area contributed by atoms with Gasteiger partial charge in [-0.2, -0.15) is 0 Å². The van der Waals surface area contributed by atoms with Gasteiger partial charge >= 0.3 is 0 Å². The van der Waals surface area contributed by atoms with Crippen LogP contribution in [0.25, 0.3) is 11.3 Å². The van der Waals surface area contributed by atoms with Crippen molar-refractivity contribution in [3.63, 3.8) is 0 Å². The molecule has 2 nitrogen and oxygen atoms in total. The maximum Gasteiger partial charge on any atom is 0.0555 e. The zero-order valence-electron chi connectivity index (χ0n) is 19.4. The maximum absolute atomic E-state index is 4.16. The van der Waals surface area contributed by atoms with Gasteiger partial charge in [0.25, 0.3) is 0 Å². The topological polar surface area (TPSA) is 15.3 Å². The Labute approximate surface area is 204 Å². The Morgan fingerprint density at radius 1 is 1.12 bits per heavy atom. The second-order valence-corrected chi connectivity index (χ2v) is 9.21. The summed E-state index contributed by atoms with van der Waals surface area (Å²) in [5.74, 6) is 0.440. The largest absolute Gasteiger partial charge is 0.359 e. The van der Waals surface area contributed by atoms with E-state index in [1.165, 1.54) is 39.5 Å². The van der Waals surface area contributed by atoms with Gasteiger partial charge in [-0.15, -0.1) is 0 Å². The number of allylic oxidation sites excluding steroid dienone is 10. The molecule has 5 rings (SSSR count). The summed E-state index contributed by atoms with van der Waals surface area (Å²) < 4.78 is 0. The molecule has 2 atom stereocenters. The van der Waals surface area contributed by atoms with Crippen LogP contribution in [0.1, 0.15) is 38.8 Å². The quantitative estimate of drug-likeness (QED) is 0.473. The Hall–Kier alpha value is -3.78. The second-order valence-electron chi connectivity index (χ2n) is 9.21. The Morgan fingerprint density at radius 3 is 2.68 bits per heavy atom. The predicted molar refractivity (Wildman–Crippen MR) is 148 cm³/mol. The molecule has 0 saturated carbocycles. The summed E-state index contributed by atoms with van der Waals surface area (Å²) >= 11 is 0. The normalized spacial score (nSPS) is 24.2. The van der Waals surface area contributed by atoms with E-state index >= 15 is 0 Å². The minimum atomic E-state index is 0. The van der Waals surface area contributed by atoms with Gasteiger partial charge in [-0.3, -0.25) is 0 Å². The molecular weight excluding hydrogens is 412 g/mol. The van der Waals surface area contributed by atoms with Crippen molar-refractivity contribution in [1.82, 2.24) is 5.32 Å². The number of para-hydroxylation sites is 1. The first-order chi connectivity index (χ1) is 16.0. The van der Waals surface area contributed by atoms with Crippen molar-refractivity contribution >= 4 is 22.6 Å². The number of hydrogen-bond acceptors (Lipinski definition) is 2. The lowest BCUT2D eigenvalue weighted by Gasteiger charge is -2.40. The molecule has 0 bridgehead atoms. The first kappa shape index (κ1) is 23.4. The lowest BCUT2D eigenvalue weighted by Crippen LogP contribution is -2.33. The molecule has 0 radical (unpaired) electrons. The van der Waals surface area contributed by atoms with E-state index in [2.05, 4.69) is 122 Å². The molecule has 0 amide bonds. The van der Waals surface area contributed by atoms with Crippen molar-refractivity contribution < 1.29 is 0 Å². The molecule has 2 aromatic carbocycles. The van der Waals surface area contributed by atoms with Crippen molar-refractivity contribution in [2.75, 3.05) is 4.90 Å². The number of nitrogens with zero attached hydrogens (tertiary/aromatic N) is 1. The highest BCUT2D eigenvalue weighted by Crippen LogP contribution is 2.50. The molecule has 1 N–H and O–H groups in total. The fraction of sp³-hybridized carbons (Fsp3) is 0.188. The molecular formula is C32H34N2. The fourth-order valence-electron chi connectivity index (χ4n) is 4.87. The number of fused-ring (bicyclic) bond motifs is 2. The van der Waals surface area contributed by atoms with E-state index in [-0.39, 0.29) is 12.8 Å². The van der Waals surface area contributed by atoms with Gasteiger partial charge in [0.1, 0.15) is 0 Å². The third-order valence-electron chi connectivity index (χ3n) is 7.15. The first-order valence-corrected chi connectivity index (χ1v) is 11.6. The van der Waals surface area contributed by atoms with Crippen molar-refractivity contribution in [2.24, 2.45) is 11.3 Å². The molecule has 172 valence electrons. The van der Waals surface area contributed by atoms with Crippen molar-refractivity contribution in [3.8, 4) is 0 Å². The van der Waals surface area contributed by atoms with Gasteiger partial charge < -0.3 is 10.2 Å². The summed E-state index contributed by atoms with van der Waals surface area (Å²) in [6.45, 7) is 12.6. The van der Waals surface area contributed by atoms with Crippen LogP contribution in [-0.2, 0) is 0 Å². The molecule has 2 aliphatic heterocycles. The highest BCUT2D eigenvalue weighted by molar-refractivity contribution is 6.04. The maximum atomic E-state index is 4.16. The Bertz CT molecular complexity index is 1270. The van der Waals surface area contributed by atoms with E-state index in [9.17, 15) is 0 Å². The summed E-state index contributed by atoms with van der Waals surface area (Å²) in [5.41, 5.74) is 9.64. The summed E-state index contributed by atoms with van der Waals surface area (Å²) in [6, 6.07) is 17.3. The van der Waals surface area contributed by atoms with Crippen LogP contribution in [0, 0.1) is 11.3 Å². The molecule has 0 saturated heterocycles. The lowest BCUT2D eigenvalue weighted by molar-refractivity contribution is 0.297. The molecule has 0 fully saturated rings. The minimum Gasteiger partial charge on any atom is -0.359 e. The average Bonchev–Trinajstić information content (AvgIpc) is 2.93.